The number of allylic oxidation sites excluding steroid dienone is 1. The zero-order valence-corrected chi connectivity index (χ0v) is 12.4. The maximum absolute atomic E-state index is 11.3. The van der Waals surface area contributed by atoms with Crippen molar-refractivity contribution in [2.24, 2.45) is 0 Å². The molecule has 1 fully saturated rings. The molecule has 0 saturated carbocycles. The van der Waals surface area contributed by atoms with E-state index in [2.05, 4.69) is 10.2 Å². The number of carbonyl (C=O) groups excluding carboxylic acids is 1. The van der Waals surface area contributed by atoms with Crippen LogP contribution in [0.25, 0.3) is 0 Å². The van der Waals surface area contributed by atoms with Crippen LogP contribution in [0.4, 0.5) is 11.4 Å². The van der Waals surface area contributed by atoms with Crippen LogP contribution in [0.2, 0.25) is 0 Å². The molecule has 6 nitrogen and oxygen atoms in total. The second-order valence-corrected chi connectivity index (χ2v) is 4.97. The first-order valence-corrected chi connectivity index (χ1v) is 7.01. The lowest BCUT2D eigenvalue weighted by Crippen LogP contribution is -2.48. The number of piperazine rings is 1. The van der Waals surface area contributed by atoms with Gasteiger partial charge in [0.25, 0.3) is 0 Å². The third-order valence-electron chi connectivity index (χ3n) is 3.58. The molecular formula is C16H17N5O. The Morgan fingerprint density at radius 2 is 1.73 bits per heavy atom. The van der Waals surface area contributed by atoms with Crippen LogP contribution < -0.4 is 10.2 Å². The summed E-state index contributed by atoms with van der Waals surface area (Å²) in [4.78, 5) is 15.4. The van der Waals surface area contributed by atoms with Gasteiger partial charge in [-0.25, -0.2) is 0 Å². The topological polar surface area (TPSA) is 83.2 Å². The zero-order chi connectivity index (χ0) is 15.9. The molecule has 6 heteroatoms. The molecule has 0 unspecified atom stereocenters. The van der Waals surface area contributed by atoms with Crippen molar-refractivity contribution < 1.29 is 4.79 Å². The Morgan fingerprint density at radius 1 is 1.14 bits per heavy atom. The maximum Gasteiger partial charge on any atom is 0.219 e. The van der Waals surface area contributed by atoms with Crippen LogP contribution in [0.15, 0.2) is 36.0 Å². The number of carbonyl (C=O) groups is 1. The van der Waals surface area contributed by atoms with Gasteiger partial charge in [0.1, 0.15) is 17.7 Å². The van der Waals surface area contributed by atoms with E-state index in [1.54, 1.807) is 19.1 Å². The molecule has 0 aromatic heterocycles. The number of hydrogen-bond donors (Lipinski definition) is 1. The molecule has 1 heterocycles. The minimum absolute atomic E-state index is 0.0319. The number of benzene rings is 1. The van der Waals surface area contributed by atoms with Crippen LogP contribution in [0.1, 0.15) is 6.92 Å². The molecule has 22 heavy (non-hydrogen) atoms. The summed E-state index contributed by atoms with van der Waals surface area (Å²) in [5.74, 6) is 0.122. The van der Waals surface area contributed by atoms with Crippen molar-refractivity contribution in [2.75, 3.05) is 36.4 Å². The Kier molecular flexibility index (Phi) is 5.00. The molecule has 0 bridgehead atoms. The molecule has 1 saturated heterocycles. The fraction of sp³-hybridized carbons (Fsp3) is 0.312. The predicted molar refractivity (Wildman–Crippen MR) is 83.8 cm³/mol. The highest BCUT2D eigenvalue weighted by Gasteiger charge is 2.18. The molecule has 0 atom stereocenters. The molecule has 2 rings (SSSR count). The van der Waals surface area contributed by atoms with Gasteiger partial charge in [-0.2, -0.15) is 10.5 Å². The van der Waals surface area contributed by atoms with Crippen LogP contribution in [-0.4, -0.2) is 37.0 Å². The number of amides is 1. The van der Waals surface area contributed by atoms with Gasteiger partial charge in [0.2, 0.25) is 5.91 Å². The quantitative estimate of drug-likeness (QED) is 0.858. The van der Waals surface area contributed by atoms with E-state index >= 15 is 0 Å². The third kappa shape index (κ3) is 3.77. The summed E-state index contributed by atoms with van der Waals surface area (Å²) in [6.45, 7) is 4.72. The molecule has 1 aromatic carbocycles. The number of nitrogens with one attached hydrogen (secondary N) is 1. The van der Waals surface area contributed by atoms with Crippen molar-refractivity contribution in [3.8, 4) is 12.1 Å². The fourth-order valence-corrected chi connectivity index (χ4v) is 2.29. The van der Waals surface area contributed by atoms with Crippen molar-refractivity contribution >= 4 is 17.3 Å². The lowest BCUT2D eigenvalue weighted by molar-refractivity contribution is -0.129. The lowest BCUT2D eigenvalue weighted by atomic mass is 10.2. The van der Waals surface area contributed by atoms with Crippen LogP contribution in [0.3, 0.4) is 0 Å². The molecule has 1 N–H and O–H groups in total. The maximum atomic E-state index is 11.3. The molecule has 1 aromatic rings. The Hall–Kier alpha value is -2.99. The van der Waals surface area contributed by atoms with E-state index < -0.39 is 0 Å². The molecule has 0 radical (unpaired) electrons. The van der Waals surface area contributed by atoms with E-state index in [9.17, 15) is 4.79 Å². The zero-order valence-electron chi connectivity index (χ0n) is 12.4. The standard InChI is InChI=1S/C16H17N5O/c1-13(22)20-6-8-21(9-7-20)16-4-2-15(3-5-16)19-12-14(10-17)11-18/h2-5,12,19H,6-9H2,1H3. The average Bonchev–Trinajstić information content (AvgIpc) is 2.56. The summed E-state index contributed by atoms with van der Waals surface area (Å²) < 4.78 is 0. The Balaban J connectivity index is 1.96. The van der Waals surface area contributed by atoms with E-state index in [-0.39, 0.29) is 11.5 Å². The van der Waals surface area contributed by atoms with Gasteiger partial charge in [0, 0.05) is 50.7 Å². The third-order valence-corrected chi connectivity index (χ3v) is 3.58. The van der Waals surface area contributed by atoms with E-state index in [4.69, 9.17) is 10.5 Å². The molecule has 1 aliphatic heterocycles. The summed E-state index contributed by atoms with van der Waals surface area (Å²) in [5.41, 5.74) is 1.94. The summed E-state index contributed by atoms with van der Waals surface area (Å²) >= 11 is 0. The van der Waals surface area contributed by atoms with Gasteiger partial charge in [-0.05, 0) is 24.3 Å². The lowest BCUT2D eigenvalue weighted by Gasteiger charge is -2.35. The van der Waals surface area contributed by atoms with Gasteiger partial charge in [0.05, 0.1) is 0 Å². The highest BCUT2D eigenvalue weighted by Crippen LogP contribution is 2.19. The molecule has 0 aliphatic carbocycles. The minimum atomic E-state index is 0.0319. The summed E-state index contributed by atoms with van der Waals surface area (Å²) in [5, 5.41) is 20.2. The largest absolute Gasteiger partial charge is 0.368 e. The SMILES string of the molecule is CC(=O)N1CCN(c2ccc(NC=C(C#N)C#N)cc2)CC1. The molecular weight excluding hydrogens is 278 g/mol. The number of nitrogens with zero attached hydrogens (tertiary/aromatic N) is 4. The van der Waals surface area contributed by atoms with Crippen molar-refractivity contribution in [1.82, 2.24) is 4.90 Å². The predicted octanol–water partition coefficient (Wildman–Crippen LogP) is 1.70. The Morgan fingerprint density at radius 3 is 2.23 bits per heavy atom. The highest BCUT2D eigenvalue weighted by atomic mass is 16.2. The van der Waals surface area contributed by atoms with Gasteiger partial charge in [0.15, 0.2) is 0 Å². The van der Waals surface area contributed by atoms with Gasteiger partial charge >= 0.3 is 0 Å². The van der Waals surface area contributed by atoms with E-state index in [1.165, 1.54) is 6.20 Å². The minimum Gasteiger partial charge on any atom is -0.368 e. The summed E-state index contributed by atoms with van der Waals surface area (Å²) in [7, 11) is 0. The fourth-order valence-electron chi connectivity index (χ4n) is 2.29. The van der Waals surface area contributed by atoms with Gasteiger partial charge in [-0.1, -0.05) is 0 Å². The number of nitriles is 2. The first-order valence-electron chi connectivity index (χ1n) is 7.01. The smallest absolute Gasteiger partial charge is 0.219 e. The number of rotatable bonds is 3. The van der Waals surface area contributed by atoms with Crippen molar-refractivity contribution in [3.05, 3.63) is 36.0 Å². The Bertz CT molecular complexity index is 627. The van der Waals surface area contributed by atoms with Gasteiger partial charge in [-0.3, -0.25) is 4.79 Å². The molecule has 112 valence electrons. The first-order chi connectivity index (χ1) is 10.6. The Labute approximate surface area is 129 Å². The second kappa shape index (κ2) is 7.14. The van der Waals surface area contributed by atoms with E-state index in [0.717, 1.165) is 37.6 Å². The van der Waals surface area contributed by atoms with Crippen molar-refractivity contribution in [3.63, 3.8) is 0 Å². The number of anilines is 2. The van der Waals surface area contributed by atoms with Crippen LogP contribution in [0, 0.1) is 22.7 Å². The highest BCUT2D eigenvalue weighted by molar-refractivity contribution is 5.73. The summed E-state index contributed by atoms with van der Waals surface area (Å²) in [6, 6.07) is 11.4. The van der Waals surface area contributed by atoms with Crippen molar-refractivity contribution in [2.45, 2.75) is 6.92 Å². The molecule has 0 spiro atoms. The second-order valence-electron chi connectivity index (χ2n) is 4.97. The average molecular weight is 295 g/mol. The van der Waals surface area contributed by atoms with Crippen LogP contribution in [0.5, 0.6) is 0 Å². The summed E-state index contributed by atoms with van der Waals surface area (Å²) in [6.07, 6.45) is 1.39. The number of hydrogen-bond acceptors (Lipinski definition) is 5. The van der Waals surface area contributed by atoms with E-state index in [0.29, 0.717) is 0 Å². The van der Waals surface area contributed by atoms with Crippen LogP contribution >= 0.6 is 0 Å². The van der Waals surface area contributed by atoms with Gasteiger partial charge in [-0.15, -0.1) is 0 Å². The van der Waals surface area contributed by atoms with Crippen LogP contribution in [-0.2, 0) is 4.79 Å². The first kappa shape index (κ1) is 15.4. The monoisotopic (exact) mass is 295 g/mol. The van der Waals surface area contributed by atoms with Crippen molar-refractivity contribution in [1.29, 1.82) is 10.5 Å². The molecule has 1 aliphatic rings. The normalized spacial score (nSPS) is 13.8. The molecule has 1 amide bonds. The van der Waals surface area contributed by atoms with E-state index in [1.807, 2.05) is 29.2 Å². The van der Waals surface area contributed by atoms with Gasteiger partial charge < -0.3 is 15.1 Å².